The van der Waals surface area contributed by atoms with Gasteiger partial charge >= 0.3 is 0 Å². The first kappa shape index (κ1) is 28.1. The van der Waals surface area contributed by atoms with Gasteiger partial charge in [0.25, 0.3) is 0 Å². The summed E-state index contributed by atoms with van der Waals surface area (Å²) in [6.07, 6.45) is 8.82. The number of sulfonamides is 1. The molecular formula is C30H27FN8O3S. The van der Waals surface area contributed by atoms with Gasteiger partial charge < -0.3 is 10.3 Å². The molecule has 0 aliphatic carbocycles. The van der Waals surface area contributed by atoms with Gasteiger partial charge in [-0.15, -0.1) is 0 Å². The highest BCUT2D eigenvalue weighted by Crippen LogP contribution is 2.34. The van der Waals surface area contributed by atoms with Crippen LogP contribution >= 0.6 is 0 Å². The minimum Gasteiger partial charge on any atom is -0.338 e. The van der Waals surface area contributed by atoms with E-state index in [1.165, 1.54) is 12.1 Å². The molecule has 4 N–H and O–H groups in total. The van der Waals surface area contributed by atoms with Gasteiger partial charge in [-0.25, -0.2) is 22.5 Å². The molecule has 5 aromatic heterocycles. The van der Waals surface area contributed by atoms with Crippen molar-refractivity contribution in [1.29, 1.82) is 0 Å². The van der Waals surface area contributed by atoms with Crippen LogP contribution in [0.3, 0.4) is 0 Å². The maximum Gasteiger partial charge on any atom is 0.224 e. The van der Waals surface area contributed by atoms with Gasteiger partial charge in [0.2, 0.25) is 15.9 Å². The van der Waals surface area contributed by atoms with Crippen LogP contribution in [0.15, 0.2) is 67.3 Å². The number of hydrogen-bond donors (Lipinski definition) is 4. The molecule has 0 aliphatic heterocycles. The molecule has 0 fully saturated rings. The van der Waals surface area contributed by atoms with Gasteiger partial charge in [-0.2, -0.15) is 5.10 Å². The van der Waals surface area contributed by atoms with E-state index in [1.807, 2.05) is 25.1 Å². The zero-order chi connectivity index (χ0) is 30.1. The summed E-state index contributed by atoms with van der Waals surface area (Å²) in [6, 6.07) is 11.9. The third-order valence-electron chi connectivity index (χ3n) is 6.84. The maximum absolute atomic E-state index is 14.6. The summed E-state index contributed by atoms with van der Waals surface area (Å²) in [5.74, 6) is -0.556. The Kier molecular flexibility index (Phi) is 7.42. The molecule has 43 heavy (non-hydrogen) atoms. The van der Waals surface area contributed by atoms with Gasteiger partial charge in [0.15, 0.2) is 0 Å². The molecule has 0 saturated heterocycles. The second-order valence-electron chi connectivity index (χ2n) is 10.2. The van der Waals surface area contributed by atoms with Crippen LogP contribution < -0.4 is 10.0 Å². The fraction of sp³-hybridized carbons (Fsp3) is 0.167. The first-order valence-corrected chi connectivity index (χ1v) is 15.4. The number of nitrogens with zero attached hydrogens (tertiary/aromatic N) is 4. The van der Waals surface area contributed by atoms with E-state index in [0.717, 1.165) is 40.1 Å². The summed E-state index contributed by atoms with van der Waals surface area (Å²) < 4.78 is 40.1. The molecule has 6 rings (SSSR count). The monoisotopic (exact) mass is 598 g/mol. The largest absolute Gasteiger partial charge is 0.338 e. The van der Waals surface area contributed by atoms with Crippen molar-refractivity contribution in [2.24, 2.45) is 0 Å². The first-order valence-electron chi connectivity index (χ1n) is 13.5. The average Bonchev–Trinajstić information content (AvgIpc) is 3.59. The molecule has 0 bridgehead atoms. The Labute approximate surface area is 246 Å². The molecule has 0 unspecified atom stereocenters. The average molecular weight is 599 g/mol. The Balaban J connectivity index is 1.37. The molecule has 218 valence electrons. The summed E-state index contributed by atoms with van der Waals surface area (Å²) in [4.78, 5) is 28.7. The number of benzene rings is 1. The molecule has 13 heteroatoms. The summed E-state index contributed by atoms with van der Waals surface area (Å²) in [7, 11) is -3.44. The van der Waals surface area contributed by atoms with Gasteiger partial charge in [-0.1, -0.05) is 6.92 Å². The smallest absolute Gasteiger partial charge is 0.224 e. The second-order valence-corrected chi connectivity index (χ2v) is 12.0. The lowest BCUT2D eigenvalue weighted by atomic mass is 10.0. The van der Waals surface area contributed by atoms with Gasteiger partial charge in [-0.3, -0.25) is 19.9 Å². The zero-order valence-corrected chi connectivity index (χ0v) is 24.1. The quantitative estimate of drug-likeness (QED) is 0.179. The van der Waals surface area contributed by atoms with Gasteiger partial charge in [0.05, 0.1) is 41.2 Å². The number of aromatic amines is 2. The Morgan fingerprint density at radius 2 is 1.86 bits per heavy atom. The predicted molar refractivity (Wildman–Crippen MR) is 163 cm³/mol. The Morgan fingerprint density at radius 1 is 1.00 bits per heavy atom. The molecular weight excluding hydrogens is 571 g/mol. The maximum atomic E-state index is 14.6. The molecule has 6 aromatic rings. The highest BCUT2D eigenvalue weighted by Gasteiger charge is 2.17. The number of carbonyl (C=O) groups is 1. The van der Waals surface area contributed by atoms with Crippen molar-refractivity contribution in [2.45, 2.75) is 26.3 Å². The van der Waals surface area contributed by atoms with Crippen LogP contribution in [0.4, 0.5) is 10.1 Å². The Morgan fingerprint density at radius 3 is 2.67 bits per heavy atom. The number of rotatable bonds is 9. The van der Waals surface area contributed by atoms with Gasteiger partial charge in [0, 0.05) is 41.7 Å². The van der Waals surface area contributed by atoms with E-state index in [0.29, 0.717) is 46.0 Å². The van der Waals surface area contributed by atoms with Crippen LogP contribution in [0, 0.1) is 5.82 Å². The van der Waals surface area contributed by atoms with Crippen LogP contribution in [0.2, 0.25) is 0 Å². The minimum absolute atomic E-state index is 0.0324. The van der Waals surface area contributed by atoms with E-state index < -0.39 is 15.8 Å². The van der Waals surface area contributed by atoms with Crippen LogP contribution in [0.1, 0.15) is 25.3 Å². The van der Waals surface area contributed by atoms with Crippen molar-refractivity contribution in [2.75, 3.05) is 11.6 Å². The lowest BCUT2D eigenvalue weighted by Gasteiger charge is -2.08. The molecule has 5 heterocycles. The predicted octanol–water partition coefficient (Wildman–Crippen LogP) is 5.16. The number of pyridine rings is 3. The first-order chi connectivity index (χ1) is 20.7. The summed E-state index contributed by atoms with van der Waals surface area (Å²) >= 11 is 0. The van der Waals surface area contributed by atoms with Crippen molar-refractivity contribution < 1.29 is 17.6 Å². The summed E-state index contributed by atoms with van der Waals surface area (Å²) in [5.41, 5.74) is 6.40. The molecule has 11 nitrogen and oxygen atoms in total. The molecule has 0 radical (unpaired) electrons. The summed E-state index contributed by atoms with van der Waals surface area (Å²) in [5, 5.41) is 12.0. The molecule has 0 atom stereocenters. The number of nitrogens with one attached hydrogen (secondary N) is 4. The molecule has 1 aromatic carbocycles. The van der Waals surface area contributed by atoms with E-state index in [1.54, 1.807) is 36.9 Å². The lowest BCUT2D eigenvalue weighted by molar-refractivity contribution is -0.116. The second kappa shape index (κ2) is 11.3. The number of anilines is 1. The molecule has 0 saturated carbocycles. The standard InChI is InChI=1S/C30H27FN8O3S/c1-3-4-28(40)36-21-10-19(14-32-15-21)25-12-24-27(16-34-25)38-39-29(24)26-11-23-22(5-6-33-30(23)37-26)18-7-17(8-20(31)9-18)13-35-43(2,41)42/h5-12,14-16,35H,3-4,13H2,1-2H3,(H,33,37)(H,36,40)(H,38,39). The fourth-order valence-corrected chi connectivity index (χ4v) is 5.34. The zero-order valence-electron chi connectivity index (χ0n) is 23.3. The van der Waals surface area contributed by atoms with E-state index in [2.05, 4.69) is 40.2 Å². The van der Waals surface area contributed by atoms with Crippen LogP contribution in [0.25, 0.3) is 55.7 Å². The number of hydrogen-bond acceptors (Lipinski definition) is 7. The number of aromatic nitrogens is 6. The normalized spacial score (nSPS) is 11.8. The Hall–Kier alpha value is -5.01. The third-order valence-corrected chi connectivity index (χ3v) is 7.50. The third kappa shape index (κ3) is 6.12. The SMILES string of the molecule is CCCC(=O)Nc1cncc(-c2cc3c(-c4cc5c(-c6cc(F)cc(CNS(C)(=O)=O)c6)ccnc5[nH]4)n[nH]c3cn2)c1. The molecule has 0 aliphatic rings. The van der Waals surface area contributed by atoms with E-state index in [9.17, 15) is 17.6 Å². The van der Waals surface area contributed by atoms with Crippen LogP contribution in [0.5, 0.6) is 0 Å². The minimum atomic E-state index is -3.44. The van der Waals surface area contributed by atoms with Crippen molar-refractivity contribution in [3.63, 3.8) is 0 Å². The van der Waals surface area contributed by atoms with E-state index in [4.69, 9.17) is 0 Å². The Bertz CT molecular complexity index is 2110. The van der Waals surface area contributed by atoms with E-state index in [-0.39, 0.29) is 12.5 Å². The van der Waals surface area contributed by atoms with Gasteiger partial charge in [0.1, 0.15) is 17.2 Å². The fourth-order valence-electron chi connectivity index (χ4n) is 4.91. The number of H-pyrrole nitrogens is 2. The number of fused-ring (bicyclic) bond motifs is 2. The number of amides is 1. The van der Waals surface area contributed by atoms with Crippen molar-refractivity contribution in [3.05, 3.63) is 78.6 Å². The highest BCUT2D eigenvalue weighted by molar-refractivity contribution is 7.88. The number of carbonyl (C=O) groups excluding carboxylic acids is 1. The van der Waals surface area contributed by atoms with Crippen molar-refractivity contribution >= 4 is 43.6 Å². The summed E-state index contributed by atoms with van der Waals surface area (Å²) in [6.45, 7) is 1.91. The molecule has 0 spiro atoms. The number of halogens is 1. The van der Waals surface area contributed by atoms with Crippen LogP contribution in [-0.2, 0) is 21.4 Å². The lowest BCUT2D eigenvalue weighted by Crippen LogP contribution is -2.21. The van der Waals surface area contributed by atoms with Crippen molar-refractivity contribution in [3.8, 4) is 33.8 Å². The van der Waals surface area contributed by atoms with E-state index >= 15 is 0 Å². The topological polar surface area (TPSA) is 158 Å². The highest BCUT2D eigenvalue weighted by atomic mass is 32.2. The van der Waals surface area contributed by atoms with Crippen molar-refractivity contribution in [1.82, 2.24) is 34.9 Å². The molecule has 1 amide bonds. The van der Waals surface area contributed by atoms with Gasteiger partial charge in [-0.05, 0) is 65.6 Å². The van der Waals surface area contributed by atoms with Crippen LogP contribution in [-0.4, -0.2) is 50.7 Å².